The smallest absolute Gasteiger partial charge is 0.219 e. The molecule has 0 spiro atoms. The van der Waals surface area contributed by atoms with Crippen LogP contribution in [0.2, 0.25) is 0 Å². The van der Waals surface area contributed by atoms with Crippen molar-refractivity contribution in [3.63, 3.8) is 0 Å². The first-order valence-corrected chi connectivity index (χ1v) is 5.95. The monoisotopic (exact) mass is 209 g/mol. The fourth-order valence-electron chi connectivity index (χ4n) is 1.63. The summed E-state index contributed by atoms with van der Waals surface area (Å²) in [7, 11) is 0. The second kappa shape index (κ2) is 3.73. The summed E-state index contributed by atoms with van der Waals surface area (Å²) in [5.41, 5.74) is 0.291. The highest BCUT2D eigenvalue weighted by Gasteiger charge is 2.45. The van der Waals surface area contributed by atoms with Gasteiger partial charge < -0.3 is 5.32 Å². The Bertz CT molecular complexity index is 314. The van der Waals surface area contributed by atoms with E-state index in [4.69, 9.17) is 0 Å². The average molecular weight is 209 g/mol. The number of rotatable bonds is 4. The van der Waals surface area contributed by atoms with Gasteiger partial charge in [0.25, 0.3) is 0 Å². The van der Waals surface area contributed by atoms with Crippen molar-refractivity contribution < 1.29 is 4.79 Å². The van der Waals surface area contributed by atoms with Gasteiger partial charge in [0.1, 0.15) is 0 Å². The summed E-state index contributed by atoms with van der Waals surface area (Å²) in [6.45, 7) is 2.71. The fourth-order valence-corrected chi connectivity index (χ4v) is 2.62. The maximum Gasteiger partial charge on any atom is 0.219 e. The van der Waals surface area contributed by atoms with E-state index in [2.05, 4.69) is 22.8 Å². The Morgan fingerprint density at radius 3 is 2.93 bits per heavy atom. The van der Waals surface area contributed by atoms with Gasteiger partial charge in [-0.15, -0.1) is 11.3 Å². The molecule has 1 aliphatic rings. The number of hydrogen-bond donors (Lipinski definition) is 1. The van der Waals surface area contributed by atoms with Gasteiger partial charge in [-0.05, 0) is 24.3 Å². The molecule has 1 aromatic heterocycles. The topological polar surface area (TPSA) is 29.1 Å². The lowest BCUT2D eigenvalue weighted by Crippen LogP contribution is -2.31. The zero-order chi connectivity index (χ0) is 10.0. The Labute approximate surface area is 88.3 Å². The maximum atomic E-state index is 11.1. The molecule has 2 nitrogen and oxygen atoms in total. The number of thiophene rings is 1. The normalized spacial score (nSPS) is 17.8. The fraction of sp³-hybridized carbons (Fsp3) is 0.545. The molecule has 1 aliphatic carbocycles. The molecule has 0 aliphatic heterocycles. The highest BCUT2D eigenvalue weighted by molar-refractivity contribution is 7.10. The summed E-state index contributed by atoms with van der Waals surface area (Å²) >= 11 is 1.80. The van der Waals surface area contributed by atoms with E-state index >= 15 is 0 Å². The predicted octanol–water partition coefficient (Wildman–Crippen LogP) is 2.31. The molecule has 1 aromatic rings. The van der Waals surface area contributed by atoms with Crippen LogP contribution in [0.4, 0.5) is 0 Å². The van der Waals surface area contributed by atoms with E-state index in [0.717, 1.165) is 6.54 Å². The molecule has 0 unspecified atom stereocenters. The van der Waals surface area contributed by atoms with Crippen LogP contribution in [0.15, 0.2) is 17.5 Å². The van der Waals surface area contributed by atoms with Crippen molar-refractivity contribution in [1.29, 1.82) is 0 Å². The SMILES string of the molecule is CCC(=O)NCC1(c2cccs2)CC1. The molecule has 14 heavy (non-hydrogen) atoms. The Kier molecular flexibility index (Phi) is 2.59. The molecule has 76 valence electrons. The Morgan fingerprint density at radius 2 is 2.43 bits per heavy atom. The second-order valence-corrected chi connectivity index (χ2v) is 4.84. The molecule has 1 fully saturated rings. The molecule has 0 radical (unpaired) electrons. The lowest BCUT2D eigenvalue weighted by Gasteiger charge is -2.13. The predicted molar refractivity (Wildman–Crippen MR) is 58.5 cm³/mol. The lowest BCUT2D eigenvalue weighted by atomic mass is 10.1. The number of amides is 1. The molecule has 2 rings (SSSR count). The minimum absolute atomic E-state index is 0.160. The van der Waals surface area contributed by atoms with Gasteiger partial charge in [0.15, 0.2) is 0 Å². The van der Waals surface area contributed by atoms with E-state index in [0.29, 0.717) is 11.8 Å². The summed E-state index contributed by atoms with van der Waals surface area (Å²) in [5, 5.41) is 5.10. The highest BCUT2D eigenvalue weighted by Crippen LogP contribution is 2.49. The zero-order valence-electron chi connectivity index (χ0n) is 8.38. The van der Waals surface area contributed by atoms with Gasteiger partial charge in [0, 0.05) is 23.3 Å². The number of hydrogen-bond acceptors (Lipinski definition) is 2. The van der Waals surface area contributed by atoms with Gasteiger partial charge >= 0.3 is 0 Å². The molecule has 1 heterocycles. The molecule has 0 atom stereocenters. The average Bonchev–Trinajstić information content (AvgIpc) is 2.79. The molecule has 0 bridgehead atoms. The molecule has 3 heteroatoms. The van der Waals surface area contributed by atoms with Crippen LogP contribution in [0.3, 0.4) is 0 Å². The molecular weight excluding hydrogens is 194 g/mol. The van der Waals surface area contributed by atoms with E-state index in [-0.39, 0.29) is 5.91 Å². The summed E-state index contributed by atoms with van der Waals surface area (Å²) in [5.74, 6) is 0.160. The van der Waals surface area contributed by atoms with Crippen molar-refractivity contribution in [1.82, 2.24) is 5.32 Å². The molecule has 1 N–H and O–H groups in total. The first-order valence-electron chi connectivity index (χ1n) is 5.07. The van der Waals surface area contributed by atoms with E-state index in [1.165, 1.54) is 17.7 Å². The maximum absolute atomic E-state index is 11.1. The summed E-state index contributed by atoms with van der Waals surface area (Å²) in [6.07, 6.45) is 3.02. The van der Waals surface area contributed by atoms with Crippen LogP contribution in [-0.2, 0) is 10.2 Å². The van der Waals surface area contributed by atoms with E-state index in [9.17, 15) is 4.79 Å². The van der Waals surface area contributed by atoms with E-state index in [1.54, 1.807) is 11.3 Å². The van der Waals surface area contributed by atoms with Crippen LogP contribution in [0.5, 0.6) is 0 Å². The number of carbonyl (C=O) groups excluding carboxylic acids is 1. The molecule has 0 saturated heterocycles. The van der Waals surface area contributed by atoms with Crippen LogP contribution in [0.25, 0.3) is 0 Å². The Hall–Kier alpha value is -0.830. The van der Waals surface area contributed by atoms with Gasteiger partial charge in [0.05, 0.1) is 0 Å². The lowest BCUT2D eigenvalue weighted by molar-refractivity contribution is -0.120. The van der Waals surface area contributed by atoms with Crippen LogP contribution in [0, 0.1) is 0 Å². The Balaban J connectivity index is 1.94. The van der Waals surface area contributed by atoms with Crippen molar-refractivity contribution in [2.45, 2.75) is 31.6 Å². The summed E-state index contributed by atoms with van der Waals surface area (Å²) in [6, 6.07) is 4.26. The standard InChI is InChI=1S/C11H15NOS/c1-2-10(13)12-8-11(5-6-11)9-4-3-7-14-9/h3-4,7H,2,5-6,8H2,1H3,(H,12,13). The van der Waals surface area contributed by atoms with Crippen molar-refractivity contribution >= 4 is 17.2 Å². The minimum Gasteiger partial charge on any atom is -0.355 e. The quantitative estimate of drug-likeness (QED) is 0.810. The van der Waals surface area contributed by atoms with Gasteiger partial charge in [-0.25, -0.2) is 0 Å². The highest BCUT2D eigenvalue weighted by atomic mass is 32.1. The minimum atomic E-state index is 0.160. The summed E-state index contributed by atoms with van der Waals surface area (Å²) < 4.78 is 0. The number of nitrogens with one attached hydrogen (secondary N) is 1. The second-order valence-electron chi connectivity index (χ2n) is 3.89. The van der Waals surface area contributed by atoms with Gasteiger partial charge in [-0.2, -0.15) is 0 Å². The third-order valence-electron chi connectivity index (χ3n) is 2.84. The Morgan fingerprint density at radius 1 is 1.64 bits per heavy atom. The third kappa shape index (κ3) is 1.82. The molecule has 1 saturated carbocycles. The first-order chi connectivity index (χ1) is 6.77. The van der Waals surface area contributed by atoms with Crippen molar-refractivity contribution in [2.75, 3.05) is 6.54 Å². The molecule has 0 aromatic carbocycles. The first kappa shape index (κ1) is 9.71. The number of carbonyl (C=O) groups is 1. The van der Waals surface area contributed by atoms with E-state index in [1.807, 2.05) is 6.92 Å². The van der Waals surface area contributed by atoms with Crippen LogP contribution < -0.4 is 5.32 Å². The molecule has 1 amide bonds. The molecular formula is C11H15NOS. The zero-order valence-corrected chi connectivity index (χ0v) is 9.19. The van der Waals surface area contributed by atoms with E-state index < -0.39 is 0 Å². The van der Waals surface area contributed by atoms with Crippen molar-refractivity contribution in [3.8, 4) is 0 Å². The van der Waals surface area contributed by atoms with Gasteiger partial charge in [0.2, 0.25) is 5.91 Å². The van der Waals surface area contributed by atoms with Gasteiger partial charge in [-0.3, -0.25) is 4.79 Å². The van der Waals surface area contributed by atoms with Gasteiger partial charge in [-0.1, -0.05) is 13.0 Å². The van der Waals surface area contributed by atoms with Crippen LogP contribution in [0.1, 0.15) is 31.1 Å². The van der Waals surface area contributed by atoms with Crippen LogP contribution in [-0.4, -0.2) is 12.5 Å². The summed E-state index contributed by atoms with van der Waals surface area (Å²) in [4.78, 5) is 12.6. The van der Waals surface area contributed by atoms with Crippen molar-refractivity contribution in [2.24, 2.45) is 0 Å². The third-order valence-corrected chi connectivity index (χ3v) is 3.96. The van der Waals surface area contributed by atoms with Crippen LogP contribution >= 0.6 is 11.3 Å². The largest absolute Gasteiger partial charge is 0.355 e. The van der Waals surface area contributed by atoms with Crippen molar-refractivity contribution in [3.05, 3.63) is 22.4 Å².